The zero-order valence-corrected chi connectivity index (χ0v) is 25.5. The van der Waals surface area contributed by atoms with Crippen LogP contribution in [0.3, 0.4) is 0 Å². The largest absolute Gasteiger partial charge is 0.870 e. The number of nitrogens with zero attached hydrogens (tertiary/aromatic N) is 1. The van der Waals surface area contributed by atoms with Crippen molar-refractivity contribution in [2.45, 2.75) is 110 Å². The first-order valence-electron chi connectivity index (χ1n) is 13.0. The molecule has 0 aliphatic rings. The van der Waals surface area contributed by atoms with Crippen molar-refractivity contribution in [3.63, 3.8) is 0 Å². The Morgan fingerprint density at radius 2 is 0.735 bits per heavy atom. The highest BCUT2D eigenvalue weighted by Crippen LogP contribution is 2.46. The summed E-state index contributed by atoms with van der Waals surface area (Å²) in [5.41, 5.74) is 0. The number of rotatable bonds is 17. The number of unbranched alkanes of at least 4 members (excludes halogenated alkanes) is 15. The minimum absolute atomic E-state index is 0.00654. The van der Waals surface area contributed by atoms with Crippen LogP contribution < -0.4 is 5.11 Å². The van der Waals surface area contributed by atoms with Gasteiger partial charge in [-0.3, -0.25) is 0 Å². The second-order valence-electron chi connectivity index (χ2n) is 10.2. The molecule has 0 fully saturated rings. The van der Waals surface area contributed by atoms with E-state index in [4.69, 9.17) is 58.0 Å². The van der Waals surface area contributed by atoms with Gasteiger partial charge < -0.3 is 9.59 Å². The Kier molecular flexibility index (Phi) is 20.7. The third kappa shape index (κ3) is 17.0. The molecule has 1 aromatic carbocycles. The third-order valence-corrected chi connectivity index (χ3v) is 8.09. The normalized spacial score (nSPS) is 11.4. The molecule has 0 amide bonds. The molecule has 1 rings (SSSR count). The Labute approximate surface area is 234 Å². The van der Waals surface area contributed by atoms with Crippen molar-refractivity contribution in [2.24, 2.45) is 0 Å². The minimum Gasteiger partial charge on any atom is -0.870 e. The SMILES string of the molecule is CCCCCCCCCCCCCCCCCC[N+](C)(C)C.[O-]c1c(Cl)c(Cl)c(Cl)c(Cl)c1Cl. The van der Waals surface area contributed by atoms with Crippen molar-refractivity contribution in [3.05, 3.63) is 25.1 Å². The lowest BCUT2D eigenvalue weighted by molar-refractivity contribution is -0.870. The van der Waals surface area contributed by atoms with Crippen molar-refractivity contribution in [1.82, 2.24) is 0 Å². The number of hydrogen-bond acceptors (Lipinski definition) is 1. The standard InChI is InChI=1S/C21H46N.C6HCl5O/c1-5-6-7-8-9-10-11-12-13-14-15-16-17-18-19-20-21-22(2,3)4;7-1-2(8)4(10)6(12)5(11)3(1)9/h5-21H2,1-4H3;12H/q+1;/p-1. The Morgan fingerprint density at radius 3 is 1.03 bits per heavy atom. The van der Waals surface area contributed by atoms with Gasteiger partial charge in [-0.25, -0.2) is 0 Å². The van der Waals surface area contributed by atoms with Gasteiger partial charge >= 0.3 is 0 Å². The maximum atomic E-state index is 11.1. The first-order valence-corrected chi connectivity index (χ1v) is 14.9. The van der Waals surface area contributed by atoms with Crippen LogP contribution in [0.4, 0.5) is 0 Å². The molecule has 0 spiro atoms. The maximum absolute atomic E-state index is 11.1. The molecule has 0 aliphatic heterocycles. The van der Waals surface area contributed by atoms with Crippen LogP contribution in [0.15, 0.2) is 0 Å². The summed E-state index contributed by atoms with van der Waals surface area (Å²) in [6.45, 7) is 3.63. The fraction of sp³-hybridized carbons (Fsp3) is 0.778. The lowest BCUT2D eigenvalue weighted by Gasteiger charge is -2.23. The summed E-state index contributed by atoms with van der Waals surface area (Å²) in [5.74, 6) is -0.613. The van der Waals surface area contributed by atoms with Crippen molar-refractivity contribution in [1.29, 1.82) is 0 Å². The van der Waals surface area contributed by atoms with Crippen molar-refractivity contribution in [3.8, 4) is 5.75 Å². The molecule has 2 nitrogen and oxygen atoms in total. The van der Waals surface area contributed by atoms with E-state index in [1.54, 1.807) is 0 Å². The van der Waals surface area contributed by atoms with Gasteiger partial charge in [-0.15, -0.1) is 0 Å². The molecule has 200 valence electrons. The summed E-state index contributed by atoms with van der Waals surface area (Å²) in [5, 5.41) is 10.5. The summed E-state index contributed by atoms with van der Waals surface area (Å²) in [6, 6.07) is 0. The van der Waals surface area contributed by atoms with E-state index in [0.29, 0.717) is 0 Å². The second kappa shape index (κ2) is 20.5. The Bertz CT molecular complexity index is 556. The third-order valence-electron chi connectivity index (χ3n) is 5.85. The first kappa shape index (κ1) is 34.4. The molecule has 0 radical (unpaired) electrons. The van der Waals surface area contributed by atoms with E-state index < -0.39 is 5.75 Å². The van der Waals surface area contributed by atoms with E-state index in [1.807, 2.05) is 0 Å². The van der Waals surface area contributed by atoms with Gasteiger partial charge in [0.25, 0.3) is 0 Å². The maximum Gasteiger partial charge on any atom is 0.0808 e. The van der Waals surface area contributed by atoms with Gasteiger partial charge in [0.2, 0.25) is 0 Å². The molecule has 0 heterocycles. The molecule has 7 heteroatoms. The minimum atomic E-state index is -0.613. The molecule has 0 unspecified atom stereocenters. The predicted molar refractivity (Wildman–Crippen MR) is 153 cm³/mol. The average Bonchev–Trinajstić information content (AvgIpc) is 2.79. The average molecular weight is 578 g/mol. The highest BCUT2D eigenvalue weighted by Gasteiger charge is 2.13. The quantitative estimate of drug-likeness (QED) is 0.0781. The van der Waals surface area contributed by atoms with Crippen molar-refractivity contribution >= 4 is 58.0 Å². The van der Waals surface area contributed by atoms with Gasteiger partial charge in [0.1, 0.15) is 0 Å². The Morgan fingerprint density at radius 1 is 0.471 bits per heavy atom. The summed E-state index contributed by atoms with van der Waals surface area (Å²) in [4.78, 5) is 0. The second-order valence-corrected chi connectivity index (χ2v) is 12.1. The molecular weight excluding hydrogens is 532 g/mol. The summed E-state index contributed by atoms with van der Waals surface area (Å²) in [6.07, 6.45) is 23.4. The Balaban J connectivity index is 0.000000757. The molecule has 0 aliphatic carbocycles. The fourth-order valence-electron chi connectivity index (χ4n) is 3.72. The molecule has 0 atom stereocenters. The lowest BCUT2D eigenvalue weighted by atomic mass is 10.0. The van der Waals surface area contributed by atoms with Crippen LogP contribution in [0.25, 0.3) is 0 Å². The monoisotopic (exact) mass is 575 g/mol. The van der Waals surface area contributed by atoms with Gasteiger partial charge in [-0.05, 0) is 12.8 Å². The number of quaternary nitrogens is 1. The predicted octanol–water partition coefficient (Wildman–Crippen LogP) is 11.0. The van der Waals surface area contributed by atoms with Crippen LogP contribution in [0.2, 0.25) is 25.1 Å². The molecule has 0 aromatic heterocycles. The van der Waals surface area contributed by atoms with E-state index >= 15 is 0 Å². The van der Waals surface area contributed by atoms with E-state index in [-0.39, 0.29) is 25.1 Å². The molecule has 0 N–H and O–H groups in total. The molecule has 0 saturated heterocycles. The summed E-state index contributed by atoms with van der Waals surface area (Å²) in [7, 11) is 6.89. The zero-order chi connectivity index (χ0) is 26.0. The van der Waals surface area contributed by atoms with Crippen LogP contribution in [-0.2, 0) is 0 Å². The highest BCUT2D eigenvalue weighted by molar-refractivity contribution is 6.55. The number of hydrogen-bond donors (Lipinski definition) is 0. The van der Waals surface area contributed by atoms with Crippen LogP contribution in [-0.4, -0.2) is 32.2 Å². The van der Waals surface area contributed by atoms with E-state index in [9.17, 15) is 5.11 Å². The van der Waals surface area contributed by atoms with Gasteiger partial charge in [-0.1, -0.05) is 161 Å². The van der Waals surface area contributed by atoms with Gasteiger partial charge in [-0.2, -0.15) is 0 Å². The summed E-state index contributed by atoms with van der Waals surface area (Å²) < 4.78 is 1.12. The van der Waals surface area contributed by atoms with E-state index in [1.165, 1.54) is 109 Å². The van der Waals surface area contributed by atoms with Crippen molar-refractivity contribution in [2.75, 3.05) is 27.7 Å². The zero-order valence-electron chi connectivity index (χ0n) is 21.8. The van der Waals surface area contributed by atoms with Crippen LogP contribution in [0, 0.1) is 0 Å². The topological polar surface area (TPSA) is 23.1 Å². The number of halogens is 5. The Hall–Kier alpha value is 0.430. The van der Waals surface area contributed by atoms with Crippen LogP contribution in [0.1, 0.15) is 110 Å². The molecular formula is C27H46Cl5NO. The highest BCUT2D eigenvalue weighted by atomic mass is 35.5. The molecule has 34 heavy (non-hydrogen) atoms. The lowest BCUT2D eigenvalue weighted by Crippen LogP contribution is -2.35. The first-order chi connectivity index (χ1) is 16.0. The van der Waals surface area contributed by atoms with E-state index in [2.05, 4.69) is 28.1 Å². The smallest absolute Gasteiger partial charge is 0.0808 e. The van der Waals surface area contributed by atoms with E-state index in [0.717, 1.165) is 4.48 Å². The molecule has 1 aromatic rings. The number of benzene rings is 1. The summed E-state index contributed by atoms with van der Waals surface area (Å²) >= 11 is 27.7. The van der Waals surface area contributed by atoms with Gasteiger partial charge in [0.15, 0.2) is 0 Å². The fourth-order valence-corrected chi connectivity index (χ4v) is 4.84. The van der Waals surface area contributed by atoms with Gasteiger partial charge in [0, 0.05) is 0 Å². The van der Waals surface area contributed by atoms with Gasteiger partial charge in [0.05, 0.1) is 52.8 Å². The van der Waals surface area contributed by atoms with Crippen LogP contribution >= 0.6 is 58.0 Å². The molecule has 0 saturated carbocycles. The molecule has 0 bridgehead atoms. The van der Waals surface area contributed by atoms with Crippen LogP contribution in [0.5, 0.6) is 5.75 Å². The van der Waals surface area contributed by atoms with Crippen molar-refractivity contribution < 1.29 is 9.59 Å².